The van der Waals surface area contributed by atoms with Crippen molar-refractivity contribution in [3.05, 3.63) is 33.8 Å². The topological polar surface area (TPSA) is 75.9 Å². The maximum atomic E-state index is 12.5. The minimum atomic E-state index is -0.673. The Labute approximate surface area is 145 Å². The van der Waals surface area contributed by atoms with Gasteiger partial charge in [0, 0.05) is 38.3 Å². The maximum Gasteiger partial charge on any atom is 0.255 e. The lowest BCUT2D eigenvalue weighted by Gasteiger charge is -2.36. The van der Waals surface area contributed by atoms with Gasteiger partial charge in [-0.2, -0.15) is 0 Å². The Balaban J connectivity index is 1.96. The number of nitrogens with zero attached hydrogens (tertiary/aromatic N) is 2. The Morgan fingerprint density at radius 3 is 2.39 bits per heavy atom. The molecule has 1 fully saturated rings. The van der Waals surface area contributed by atoms with Crippen molar-refractivity contribution in [3.8, 4) is 0 Å². The second-order valence-corrected chi connectivity index (χ2v) is 6.15. The van der Waals surface area contributed by atoms with Crippen LogP contribution >= 0.6 is 23.2 Å². The monoisotopic (exact) mass is 359 g/mol. The highest BCUT2D eigenvalue weighted by molar-refractivity contribution is 6.36. The van der Waals surface area contributed by atoms with Crippen LogP contribution in [0.5, 0.6) is 0 Å². The molecule has 6 nitrogen and oxygen atoms in total. The van der Waals surface area contributed by atoms with E-state index in [0.29, 0.717) is 41.8 Å². The number of ether oxygens (including phenoxy) is 1. The number of hydrogen-bond donors (Lipinski definition) is 1. The fraction of sp³-hybridized carbons (Fsp3) is 0.467. The molecular formula is C15H19Cl2N3O3. The summed E-state index contributed by atoms with van der Waals surface area (Å²) in [4.78, 5) is 27.9. The van der Waals surface area contributed by atoms with Crippen LogP contribution in [0, 0.1) is 0 Å². The molecule has 0 bridgehead atoms. The number of carbonyl (C=O) groups excluding carboxylic acids is 2. The van der Waals surface area contributed by atoms with Gasteiger partial charge in [-0.05, 0) is 18.2 Å². The Hall–Kier alpha value is -1.34. The standard InChI is InChI=1S/C15H19Cl2N3O3/c1-23-9-13(18)15(22)20-6-4-19(5-7-20)14(21)11-3-2-10(16)8-12(11)17/h2-3,8,13H,4-7,9,18H2,1H3. The molecule has 126 valence electrons. The Morgan fingerprint density at radius 1 is 1.22 bits per heavy atom. The van der Waals surface area contributed by atoms with Crippen molar-refractivity contribution in [1.82, 2.24) is 9.80 Å². The summed E-state index contributed by atoms with van der Waals surface area (Å²) in [5.74, 6) is -0.330. The van der Waals surface area contributed by atoms with Crippen molar-refractivity contribution >= 4 is 35.0 Å². The molecule has 1 aromatic carbocycles. The molecule has 0 spiro atoms. The summed E-state index contributed by atoms with van der Waals surface area (Å²) in [6.45, 7) is 1.92. The van der Waals surface area contributed by atoms with E-state index < -0.39 is 6.04 Å². The van der Waals surface area contributed by atoms with E-state index in [0.717, 1.165) is 0 Å². The quantitative estimate of drug-likeness (QED) is 0.877. The van der Waals surface area contributed by atoms with Gasteiger partial charge in [-0.3, -0.25) is 9.59 Å². The molecule has 1 aliphatic heterocycles. The highest BCUT2D eigenvalue weighted by Gasteiger charge is 2.28. The molecule has 1 aromatic rings. The number of rotatable bonds is 4. The average Bonchev–Trinajstić information content (AvgIpc) is 2.54. The predicted octanol–water partition coefficient (Wildman–Crippen LogP) is 1.25. The van der Waals surface area contributed by atoms with E-state index >= 15 is 0 Å². The number of benzene rings is 1. The van der Waals surface area contributed by atoms with Crippen LogP contribution in [0.25, 0.3) is 0 Å². The number of methoxy groups -OCH3 is 1. The molecule has 2 N–H and O–H groups in total. The molecule has 0 aliphatic carbocycles. The summed E-state index contributed by atoms with van der Waals surface area (Å²) in [6.07, 6.45) is 0. The van der Waals surface area contributed by atoms with E-state index in [1.165, 1.54) is 7.11 Å². The molecule has 0 aromatic heterocycles. The zero-order chi connectivity index (χ0) is 17.0. The zero-order valence-electron chi connectivity index (χ0n) is 12.8. The average molecular weight is 360 g/mol. The third kappa shape index (κ3) is 4.35. The molecule has 0 radical (unpaired) electrons. The van der Waals surface area contributed by atoms with Crippen LogP contribution in [0.1, 0.15) is 10.4 Å². The van der Waals surface area contributed by atoms with Crippen LogP contribution in [0.4, 0.5) is 0 Å². The maximum absolute atomic E-state index is 12.5. The fourth-order valence-electron chi connectivity index (χ4n) is 2.45. The second kappa shape index (κ2) is 7.97. The number of carbonyl (C=O) groups is 2. The van der Waals surface area contributed by atoms with Crippen LogP contribution in [-0.4, -0.2) is 67.6 Å². The van der Waals surface area contributed by atoms with Crippen LogP contribution in [0.15, 0.2) is 18.2 Å². The van der Waals surface area contributed by atoms with Crippen LogP contribution in [0.2, 0.25) is 10.0 Å². The molecule has 1 unspecified atom stereocenters. The summed E-state index contributed by atoms with van der Waals surface area (Å²) < 4.78 is 4.89. The summed E-state index contributed by atoms with van der Waals surface area (Å²) in [5, 5.41) is 0.803. The lowest BCUT2D eigenvalue weighted by molar-refractivity contribution is -0.135. The normalized spacial score (nSPS) is 16.3. The molecule has 1 saturated heterocycles. The van der Waals surface area contributed by atoms with Gasteiger partial charge in [0.1, 0.15) is 6.04 Å². The number of piperazine rings is 1. The van der Waals surface area contributed by atoms with Gasteiger partial charge in [0.25, 0.3) is 5.91 Å². The molecule has 1 aliphatic rings. The molecule has 8 heteroatoms. The number of hydrogen-bond acceptors (Lipinski definition) is 4. The first-order valence-corrected chi connectivity index (χ1v) is 7.97. The summed E-state index contributed by atoms with van der Waals surface area (Å²) in [7, 11) is 1.50. The summed E-state index contributed by atoms with van der Waals surface area (Å²) >= 11 is 11.9. The lowest BCUT2D eigenvalue weighted by atomic mass is 10.1. The van der Waals surface area contributed by atoms with Crippen LogP contribution < -0.4 is 5.73 Å². The number of nitrogens with two attached hydrogens (primary N) is 1. The zero-order valence-corrected chi connectivity index (χ0v) is 14.3. The lowest BCUT2D eigenvalue weighted by Crippen LogP contribution is -2.55. The van der Waals surface area contributed by atoms with Gasteiger partial charge in [-0.15, -0.1) is 0 Å². The van der Waals surface area contributed by atoms with Crippen LogP contribution in [0.3, 0.4) is 0 Å². The third-order valence-electron chi connectivity index (χ3n) is 3.70. The molecule has 23 heavy (non-hydrogen) atoms. The smallest absolute Gasteiger partial charge is 0.255 e. The van der Waals surface area contributed by atoms with E-state index in [-0.39, 0.29) is 18.4 Å². The molecule has 2 rings (SSSR count). The van der Waals surface area contributed by atoms with E-state index in [9.17, 15) is 9.59 Å². The highest BCUT2D eigenvalue weighted by atomic mass is 35.5. The van der Waals surface area contributed by atoms with Gasteiger partial charge in [-0.25, -0.2) is 0 Å². The van der Waals surface area contributed by atoms with Gasteiger partial charge < -0.3 is 20.3 Å². The van der Waals surface area contributed by atoms with Crippen molar-refractivity contribution in [3.63, 3.8) is 0 Å². The van der Waals surface area contributed by atoms with E-state index in [1.807, 2.05) is 0 Å². The first-order valence-electron chi connectivity index (χ1n) is 7.21. The van der Waals surface area contributed by atoms with Crippen molar-refractivity contribution < 1.29 is 14.3 Å². The molecule has 2 amide bonds. The van der Waals surface area contributed by atoms with Gasteiger partial charge in [0.2, 0.25) is 5.91 Å². The Morgan fingerprint density at radius 2 is 1.83 bits per heavy atom. The first kappa shape index (κ1) is 18.0. The van der Waals surface area contributed by atoms with Crippen molar-refractivity contribution in [2.75, 3.05) is 39.9 Å². The summed E-state index contributed by atoms with van der Waals surface area (Å²) in [6, 6.07) is 4.11. The molecule has 0 saturated carbocycles. The summed E-state index contributed by atoms with van der Waals surface area (Å²) in [5.41, 5.74) is 6.16. The molecule has 1 atom stereocenters. The number of amides is 2. The van der Waals surface area contributed by atoms with Gasteiger partial charge in [0.15, 0.2) is 0 Å². The Bertz CT molecular complexity index is 589. The van der Waals surface area contributed by atoms with E-state index in [1.54, 1.807) is 28.0 Å². The largest absolute Gasteiger partial charge is 0.383 e. The van der Waals surface area contributed by atoms with Crippen LogP contribution in [-0.2, 0) is 9.53 Å². The van der Waals surface area contributed by atoms with E-state index in [2.05, 4.69) is 0 Å². The van der Waals surface area contributed by atoms with E-state index in [4.69, 9.17) is 33.7 Å². The third-order valence-corrected chi connectivity index (χ3v) is 4.25. The Kier molecular flexibility index (Phi) is 6.24. The molecular weight excluding hydrogens is 341 g/mol. The predicted molar refractivity (Wildman–Crippen MR) is 88.8 cm³/mol. The minimum Gasteiger partial charge on any atom is -0.383 e. The minimum absolute atomic E-state index is 0.163. The highest BCUT2D eigenvalue weighted by Crippen LogP contribution is 2.22. The van der Waals surface area contributed by atoms with Crippen molar-refractivity contribution in [2.24, 2.45) is 5.73 Å². The SMILES string of the molecule is COCC(N)C(=O)N1CCN(C(=O)c2ccc(Cl)cc2Cl)CC1. The number of halogens is 2. The first-order chi connectivity index (χ1) is 10.9. The van der Waals surface area contributed by atoms with Crippen molar-refractivity contribution in [2.45, 2.75) is 6.04 Å². The fourth-order valence-corrected chi connectivity index (χ4v) is 2.94. The van der Waals surface area contributed by atoms with Gasteiger partial charge in [0.05, 0.1) is 17.2 Å². The van der Waals surface area contributed by atoms with Gasteiger partial charge >= 0.3 is 0 Å². The molecule has 1 heterocycles. The van der Waals surface area contributed by atoms with Crippen molar-refractivity contribution in [1.29, 1.82) is 0 Å². The van der Waals surface area contributed by atoms with Gasteiger partial charge in [-0.1, -0.05) is 23.2 Å². The second-order valence-electron chi connectivity index (χ2n) is 5.30.